The molecule has 3 aliphatic heterocycles. The highest BCUT2D eigenvalue weighted by molar-refractivity contribution is 6.31. The van der Waals surface area contributed by atoms with Crippen LogP contribution in [0.5, 0.6) is 0 Å². The van der Waals surface area contributed by atoms with Crippen molar-refractivity contribution in [3.8, 4) is 0 Å². The average molecular weight is 709 g/mol. The van der Waals surface area contributed by atoms with Crippen LogP contribution in [0, 0.1) is 17.8 Å². The molecule has 264 valence electrons. The summed E-state index contributed by atoms with van der Waals surface area (Å²) >= 11 is 6.17. The fourth-order valence-electron chi connectivity index (χ4n) is 7.92. The molecule has 5 amide bonds. The highest BCUT2D eigenvalue weighted by Gasteiger charge is 2.48. The van der Waals surface area contributed by atoms with Crippen molar-refractivity contribution in [3.63, 3.8) is 0 Å². The Bertz CT molecular complexity index is 2000. The third-order valence-electron chi connectivity index (χ3n) is 10.6. The number of likely N-dealkylation sites (N-methyl/N-ethyl adjacent to an activating group) is 1. The van der Waals surface area contributed by atoms with Crippen LogP contribution in [-0.2, 0) is 38.4 Å². The Balaban J connectivity index is 1.10. The van der Waals surface area contributed by atoms with Gasteiger partial charge in [0.05, 0.1) is 18.8 Å². The van der Waals surface area contributed by atoms with Gasteiger partial charge in [0.25, 0.3) is 5.91 Å². The average Bonchev–Trinajstić information content (AvgIpc) is 3.85. The molecule has 4 heterocycles. The molecule has 0 saturated carbocycles. The molecular formula is C39H41ClN6O5. The normalized spacial score (nSPS) is 20.0. The molecule has 4 atom stereocenters. The highest BCUT2D eigenvalue weighted by atomic mass is 35.5. The van der Waals surface area contributed by atoms with Crippen LogP contribution in [-0.4, -0.2) is 83.6 Å². The van der Waals surface area contributed by atoms with Gasteiger partial charge in [-0.25, -0.2) is 0 Å². The van der Waals surface area contributed by atoms with E-state index in [1.807, 2.05) is 48.7 Å². The summed E-state index contributed by atoms with van der Waals surface area (Å²) in [5, 5.41) is 10.0. The Morgan fingerprint density at radius 2 is 1.76 bits per heavy atom. The third kappa shape index (κ3) is 7.35. The lowest BCUT2D eigenvalue weighted by Crippen LogP contribution is -2.56. The zero-order valence-electron chi connectivity index (χ0n) is 28.4. The summed E-state index contributed by atoms with van der Waals surface area (Å²) in [4.78, 5) is 73.6. The van der Waals surface area contributed by atoms with Crippen molar-refractivity contribution >= 4 is 57.7 Å². The zero-order valence-corrected chi connectivity index (χ0v) is 29.2. The molecule has 7 rings (SSSR count). The minimum atomic E-state index is -0.740. The molecule has 4 N–H and O–H groups in total. The largest absolute Gasteiger partial charge is 0.361 e. The molecule has 3 aromatic carbocycles. The van der Waals surface area contributed by atoms with Gasteiger partial charge in [0.1, 0.15) is 6.04 Å². The molecule has 4 aromatic rings. The molecule has 51 heavy (non-hydrogen) atoms. The van der Waals surface area contributed by atoms with Crippen molar-refractivity contribution in [1.29, 1.82) is 0 Å². The van der Waals surface area contributed by atoms with E-state index in [2.05, 4.69) is 20.9 Å². The van der Waals surface area contributed by atoms with Crippen LogP contribution in [0.1, 0.15) is 39.9 Å². The van der Waals surface area contributed by atoms with Gasteiger partial charge in [-0.15, -0.1) is 0 Å². The first kappa shape index (κ1) is 34.3. The Hall–Kier alpha value is -5.16. The number of aromatic nitrogens is 1. The second-order valence-electron chi connectivity index (χ2n) is 13.9. The molecule has 12 heteroatoms. The van der Waals surface area contributed by atoms with Crippen LogP contribution in [0.4, 0.5) is 5.69 Å². The quantitative estimate of drug-likeness (QED) is 0.197. The standard InChI is InChI=1S/C39H41ClN6O5/c1-41-38(50)33(9-5-8-23-6-3-2-4-7-23)44-37(49)31-22-45(36(48)16-26-18-42-34-17-28(40)11-12-29(26)34)19-27-20-46(21-30(27)31)39(51)24-10-13-32-25(14-24)15-35(47)43-32/h2-4,6-7,10-14,17-18,27,30-31,33,42H,5,8-9,15-16,19-22H2,1H3,(H,41,50)(H,43,47)(H,44,49)/t27?,30?,31?,33-/m0/s1. The molecule has 0 radical (unpaired) electrons. The van der Waals surface area contributed by atoms with E-state index in [1.54, 1.807) is 41.1 Å². The van der Waals surface area contributed by atoms with E-state index < -0.39 is 12.0 Å². The maximum Gasteiger partial charge on any atom is 0.253 e. The van der Waals surface area contributed by atoms with Gasteiger partial charge in [0.15, 0.2) is 0 Å². The predicted molar refractivity (Wildman–Crippen MR) is 194 cm³/mol. The van der Waals surface area contributed by atoms with Gasteiger partial charge in [-0.3, -0.25) is 24.0 Å². The number of piperidine rings is 1. The van der Waals surface area contributed by atoms with Gasteiger partial charge in [-0.2, -0.15) is 0 Å². The summed E-state index contributed by atoms with van der Waals surface area (Å²) in [5.41, 5.74) is 4.80. The highest BCUT2D eigenvalue weighted by Crippen LogP contribution is 2.37. The summed E-state index contributed by atoms with van der Waals surface area (Å²) in [6.07, 6.45) is 4.10. The summed E-state index contributed by atoms with van der Waals surface area (Å²) in [6.45, 7) is 1.32. The molecule has 0 bridgehead atoms. The molecular weight excluding hydrogens is 668 g/mol. The van der Waals surface area contributed by atoms with E-state index >= 15 is 0 Å². The van der Waals surface area contributed by atoms with Crippen LogP contribution in [0.3, 0.4) is 0 Å². The molecule has 3 aliphatic rings. The number of hydrogen-bond acceptors (Lipinski definition) is 5. The van der Waals surface area contributed by atoms with Crippen LogP contribution in [0.15, 0.2) is 72.9 Å². The molecule has 11 nitrogen and oxygen atoms in total. The molecule has 0 spiro atoms. The number of H-pyrrole nitrogens is 1. The Labute approximate surface area is 301 Å². The van der Waals surface area contributed by atoms with Crippen molar-refractivity contribution in [2.24, 2.45) is 17.8 Å². The topological polar surface area (TPSA) is 144 Å². The number of carbonyl (C=O) groups is 5. The van der Waals surface area contributed by atoms with E-state index in [9.17, 15) is 24.0 Å². The Morgan fingerprint density at radius 3 is 2.57 bits per heavy atom. The fourth-order valence-corrected chi connectivity index (χ4v) is 8.10. The molecule has 2 saturated heterocycles. The number of halogens is 1. The SMILES string of the molecule is CNC(=O)[C@H](CCCc1ccccc1)NC(=O)C1CN(C(=O)Cc2c[nH]c3cc(Cl)ccc23)CC2CN(C(=O)c3ccc4c(c3)CC(=O)N4)CC21. The summed E-state index contributed by atoms with van der Waals surface area (Å²) in [7, 11) is 1.56. The van der Waals surface area contributed by atoms with Crippen LogP contribution >= 0.6 is 11.6 Å². The molecule has 3 unspecified atom stereocenters. The number of nitrogens with one attached hydrogen (secondary N) is 4. The zero-order chi connectivity index (χ0) is 35.6. The lowest BCUT2D eigenvalue weighted by atomic mass is 9.79. The Kier molecular flexibility index (Phi) is 9.82. The summed E-state index contributed by atoms with van der Waals surface area (Å²) in [5.74, 6) is -1.95. The minimum absolute atomic E-state index is 0.105. The van der Waals surface area contributed by atoms with Crippen molar-refractivity contribution in [3.05, 3.63) is 100 Å². The van der Waals surface area contributed by atoms with E-state index in [4.69, 9.17) is 11.6 Å². The number of rotatable bonds is 10. The first-order valence-electron chi connectivity index (χ1n) is 17.5. The van der Waals surface area contributed by atoms with E-state index in [0.29, 0.717) is 48.7 Å². The number of anilines is 1. The first-order chi connectivity index (χ1) is 24.7. The number of hydrogen-bond donors (Lipinski definition) is 4. The third-order valence-corrected chi connectivity index (χ3v) is 10.8. The van der Waals surface area contributed by atoms with Crippen LogP contribution < -0.4 is 16.0 Å². The van der Waals surface area contributed by atoms with Crippen molar-refractivity contribution in [2.45, 2.75) is 38.1 Å². The van der Waals surface area contributed by atoms with Gasteiger partial charge in [-0.05, 0) is 78.1 Å². The fraction of sp³-hybridized carbons (Fsp3) is 0.359. The van der Waals surface area contributed by atoms with Crippen molar-refractivity contribution < 1.29 is 24.0 Å². The second-order valence-corrected chi connectivity index (χ2v) is 14.3. The van der Waals surface area contributed by atoms with Crippen molar-refractivity contribution in [1.82, 2.24) is 25.4 Å². The number of nitrogens with zero attached hydrogens (tertiary/aromatic N) is 2. The maximum atomic E-state index is 14.2. The monoisotopic (exact) mass is 708 g/mol. The lowest BCUT2D eigenvalue weighted by molar-refractivity contribution is -0.140. The lowest BCUT2D eigenvalue weighted by Gasteiger charge is -2.40. The molecule has 2 fully saturated rings. The summed E-state index contributed by atoms with van der Waals surface area (Å²) in [6, 6.07) is 20.0. The van der Waals surface area contributed by atoms with Gasteiger partial charge < -0.3 is 30.7 Å². The Morgan fingerprint density at radius 1 is 0.961 bits per heavy atom. The second kappa shape index (κ2) is 14.6. The number of benzene rings is 3. The van der Waals surface area contributed by atoms with Gasteiger partial charge in [0, 0.05) is 66.6 Å². The van der Waals surface area contributed by atoms with Crippen LogP contribution in [0.25, 0.3) is 10.9 Å². The number of aromatic amines is 1. The number of amides is 5. The number of aryl methyl sites for hydroxylation is 1. The predicted octanol–water partition coefficient (Wildman–Crippen LogP) is 3.96. The van der Waals surface area contributed by atoms with Gasteiger partial charge in [0.2, 0.25) is 23.6 Å². The molecule has 1 aromatic heterocycles. The first-order valence-corrected chi connectivity index (χ1v) is 17.9. The molecule has 0 aliphatic carbocycles. The number of carbonyl (C=O) groups excluding carboxylic acids is 5. The summed E-state index contributed by atoms with van der Waals surface area (Å²) < 4.78 is 0. The van der Waals surface area contributed by atoms with Crippen LogP contribution in [0.2, 0.25) is 5.02 Å². The van der Waals surface area contributed by atoms with Crippen molar-refractivity contribution in [2.75, 3.05) is 38.5 Å². The van der Waals surface area contributed by atoms with Gasteiger partial charge >= 0.3 is 0 Å². The van der Waals surface area contributed by atoms with E-state index in [0.717, 1.165) is 34.0 Å². The number of likely N-dealkylation sites (tertiary alicyclic amines) is 2. The minimum Gasteiger partial charge on any atom is -0.361 e. The smallest absolute Gasteiger partial charge is 0.253 e. The van der Waals surface area contributed by atoms with E-state index in [-0.39, 0.29) is 60.8 Å². The van der Waals surface area contributed by atoms with E-state index in [1.165, 1.54) is 0 Å². The van der Waals surface area contributed by atoms with Gasteiger partial charge in [-0.1, -0.05) is 48.0 Å². The maximum absolute atomic E-state index is 14.2. The number of fused-ring (bicyclic) bond motifs is 3.